The van der Waals surface area contributed by atoms with E-state index >= 15 is 0 Å². The lowest BCUT2D eigenvalue weighted by Crippen LogP contribution is -2.47. The first kappa shape index (κ1) is 25.1. The van der Waals surface area contributed by atoms with Crippen molar-refractivity contribution in [3.05, 3.63) is 82.0 Å². The molecule has 0 radical (unpaired) electrons. The Hall–Kier alpha value is -3.53. The Kier molecular flexibility index (Phi) is 7.10. The summed E-state index contributed by atoms with van der Waals surface area (Å²) < 4.78 is 11.7. The molecule has 2 aromatic carbocycles. The van der Waals surface area contributed by atoms with Crippen molar-refractivity contribution >= 4 is 29.0 Å². The van der Waals surface area contributed by atoms with E-state index in [2.05, 4.69) is 5.32 Å². The molecule has 3 heterocycles. The monoisotopic (exact) mass is 518 g/mol. The minimum absolute atomic E-state index is 0.0112. The summed E-state index contributed by atoms with van der Waals surface area (Å²) in [5, 5.41) is 12.4. The van der Waals surface area contributed by atoms with Gasteiger partial charge in [0.15, 0.2) is 5.79 Å². The van der Waals surface area contributed by atoms with E-state index in [1.165, 1.54) is 11.3 Å². The average molecular weight is 519 g/mol. The molecule has 2 aliphatic rings. The molecule has 0 bridgehead atoms. The number of likely N-dealkylation sites (tertiary alicyclic amines) is 1. The zero-order chi connectivity index (χ0) is 26.0. The van der Waals surface area contributed by atoms with Crippen LogP contribution in [-0.2, 0) is 25.5 Å². The van der Waals surface area contributed by atoms with E-state index in [0.29, 0.717) is 18.8 Å². The van der Waals surface area contributed by atoms with Crippen molar-refractivity contribution in [3.8, 4) is 11.1 Å². The summed E-state index contributed by atoms with van der Waals surface area (Å²) >= 11 is 1.43. The fourth-order valence-electron chi connectivity index (χ4n) is 4.87. The van der Waals surface area contributed by atoms with Gasteiger partial charge in [0.25, 0.3) is 0 Å². The third kappa shape index (κ3) is 5.44. The normalized spacial score (nSPS) is 19.2. The highest BCUT2D eigenvalue weighted by Gasteiger charge is 2.52. The van der Waals surface area contributed by atoms with Gasteiger partial charge in [0.2, 0.25) is 11.8 Å². The maximum Gasteiger partial charge on any atom is 0.243 e. The molecule has 2 aliphatic heterocycles. The molecule has 2 saturated heterocycles. The van der Waals surface area contributed by atoms with Crippen LogP contribution >= 0.6 is 11.3 Å². The molecule has 192 valence electrons. The topological polar surface area (TPSA) is 118 Å². The van der Waals surface area contributed by atoms with Gasteiger partial charge < -0.3 is 25.4 Å². The second-order valence-electron chi connectivity index (χ2n) is 9.47. The number of rotatable bonds is 7. The zero-order valence-corrected chi connectivity index (χ0v) is 21.4. The fourth-order valence-corrected chi connectivity index (χ4v) is 5.78. The van der Waals surface area contributed by atoms with Gasteiger partial charge in [0.1, 0.15) is 11.9 Å². The summed E-state index contributed by atoms with van der Waals surface area (Å²) in [5.74, 6) is -1.36. The van der Waals surface area contributed by atoms with Crippen LogP contribution in [0.2, 0.25) is 0 Å². The lowest BCUT2D eigenvalue weighted by molar-refractivity contribution is -0.152. The standard InChI is InChI=1S/C28H30N4O4S/c1-18(24-14-22(16-37-24)26(29)30)31-27(34)23-15-28(35-11-12-36-28)17-32(23)25(33)13-19-7-9-21(10-8-19)20-5-3-2-4-6-20/h2-10,14,16,18,23H,11-13,15,17H2,1H3,(H3,29,30)(H,31,34)/t18-,23+/m1/s1. The highest BCUT2D eigenvalue weighted by atomic mass is 32.1. The van der Waals surface area contributed by atoms with Crippen molar-refractivity contribution in [1.29, 1.82) is 5.41 Å². The lowest BCUT2D eigenvalue weighted by Gasteiger charge is -2.25. The Bertz CT molecular complexity index is 1290. The number of amides is 2. The van der Waals surface area contributed by atoms with E-state index in [1.807, 2.05) is 61.5 Å². The number of thiophene rings is 1. The van der Waals surface area contributed by atoms with Crippen LogP contribution in [0.3, 0.4) is 0 Å². The number of hydrogen-bond acceptors (Lipinski definition) is 6. The van der Waals surface area contributed by atoms with Crippen LogP contribution in [0.1, 0.15) is 35.4 Å². The number of carbonyl (C=O) groups is 2. The molecular weight excluding hydrogens is 488 g/mol. The molecular formula is C28H30N4O4S. The minimum atomic E-state index is -0.942. The Balaban J connectivity index is 1.29. The van der Waals surface area contributed by atoms with Gasteiger partial charge in [-0.2, -0.15) is 0 Å². The molecule has 3 aromatic rings. The Morgan fingerprint density at radius 1 is 1.14 bits per heavy atom. The van der Waals surface area contributed by atoms with E-state index in [1.54, 1.807) is 16.3 Å². The van der Waals surface area contributed by atoms with E-state index in [9.17, 15) is 9.59 Å². The third-order valence-electron chi connectivity index (χ3n) is 6.86. The predicted molar refractivity (Wildman–Crippen MR) is 142 cm³/mol. The van der Waals surface area contributed by atoms with Crippen LogP contribution in [-0.4, -0.2) is 54.1 Å². The molecule has 0 aliphatic carbocycles. The van der Waals surface area contributed by atoms with Crippen LogP contribution in [0, 0.1) is 5.41 Å². The van der Waals surface area contributed by atoms with Gasteiger partial charge in [-0.15, -0.1) is 11.3 Å². The minimum Gasteiger partial charge on any atom is -0.384 e. The van der Waals surface area contributed by atoms with Crippen molar-refractivity contribution in [2.75, 3.05) is 19.8 Å². The van der Waals surface area contributed by atoms with Gasteiger partial charge in [-0.3, -0.25) is 15.0 Å². The van der Waals surface area contributed by atoms with Gasteiger partial charge in [-0.25, -0.2) is 0 Å². The molecule has 8 nitrogen and oxygen atoms in total. The van der Waals surface area contributed by atoms with E-state index in [4.69, 9.17) is 20.6 Å². The van der Waals surface area contributed by atoms with Gasteiger partial charge >= 0.3 is 0 Å². The molecule has 0 unspecified atom stereocenters. The van der Waals surface area contributed by atoms with Crippen LogP contribution in [0.25, 0.3) is 11.1 Å². The molecule has 5 rings (SSSR count). The van der Waals surface area contributed by atoms with Gasteiger partial charge in [-0.05, 0) is 29.7 Å². The molecule has 4 N–H and O–H groups in total. The smallest absolute Gasteiger partial charge is 0.243 e. The lowest BCUT2D eigenvalue weighted by atomic mass is 10.0. The van der Waals surface area contributed by atoms with Crippen molar-refractivity contribution < 1.29 is 19.1 Å². The summed E-state index contributed by atoms with van der Waals surface area (Å²) in [5.41, 5.74) is 9.28. The maximum absolute atomic E-state index is 13.5. The first-order valence-corrected chi connectivity index (χ1v) is 13.2. The van der Waals surface area contributed by atoms with Crippen molar-refractivity contribution in [1.82, 2.24) is 10.2 Å². The molecule has 1 aromatic heterocycles. The van der Waals surface area contributed by atoms with Crippen LogP contribution in [0.15, 0.2) is 66.0 Å². The predicted octanol–water partition coefficient (Wildman–Crippen LogP) is 3.46. The Morgan fingerprint density at radius 3 is 2.46 bits per heavy atom. The van der Waals surface area contributed by atoms with Crippen molar-refractivity contribution in [3.63, 3.8) is 0 Å². The molecule has 2 atom stereocenters. The van der Waals surface area contributed by atoms with Crippen molar-refractivity contribution in [2.45, 2.75) is 37.6 Å². The van der Waals surface area contributed by atoms with Gasteiger partial charge in [-0.1, -0.05) is 54.6 Å². The summed E-state index contributed by atoms with van der Waals surface area (Å²) in [6.07, 6.45) is 0.463. The van der Waals surface area contributed by atoms with Gasteiger partial charge in [0, 0.05) is 22.2 Å². The SMILES string of the molecule is C[C@@H](NC(=O)[C@@H]1CC2(CN1C(=O)Cc1ccc(-c3ccccc3)cc1)OCCO2)c1cc(C(=N)N)cs1. The average Bonchev–Trinajstić information content (AvgIpc) is 3.66. The van der Waals surface area contributed by atoms with Crippen LogP contribution in [0.4, 0.5) is 0 Å². The number of ether oxygens (including phenoxy) is 2. The first-order chi connectivity index (χ1) is 17.8. The molecule has 9 heteroatoms. The Morgan fingerprint density at radius 2 is 1.81 bits per heavy atom. The Labute approximate surface area is 219 Å². The quantitative estimate of drug-likeness (QED) is 0.327. The highest BCUT2D eigenvalue weighted by molar-refractivity contribution is 7.10. The van der Waals surface area contributed by atoms with Crippen LogP contribution < -0.4 is 11.1 Å². The second-order valence-corrected chi connectivity index (χ2v) is 10.4. The number of nitrogens with zero attached hydrogens (tertiary/aromatic N) is 1. The zero-order valence-electron chi connectivity index (χ0n) is 20.6. The summed E-state index contributed by atoms with van der Waals surface area (Å²) in [4.78, 5) is 29.3. The molecule has 0 saturated carbocycles. The molecule has 1 spiro atoms. The first-order valence-electron chi connectivity index (χ1n) is 12.3. The fraction of sp³-hybridized carbons (Fsp3) is 0.321. The number of hydrogen-bond donors (Lipinski definition) is 3. The van der Waals surface area contributed by atoms with Crippen LogP contribution in [0.5, 0.6) is 0 Å². The molecule has 37 heavy (non-hydrogen) atoms. The third-order valence-corrected chi connectivity index (χ3v) is 7.98. The number of carbonyl (C=O) groups excluding carboxylic acids is 2. The number of nitrogen functional groups attached to an aromatic ring is 1. The molecule has 2 amide bonds. The largest absolute Gasteiger partial charge is 0.384 e. The number of benzene rings is 2. The maximum atomic E-state index is 13.5. The number of nitrogens with two attached hydrogens (primary N) is 1. The highest BCUT2D eigenvalue weighted by Crippen LogP contribution is 2.36. The summed E-state index contributed by atoms with van der Waals surface area (Å²) in [6, 6.07) is 18.8. The second kappa shape index (κ2) is 10.5. The van der Waals surface area contributed by atoms with E-state index < -0.39 is 11.8 Å². The van der Waals surface area contributed by atoms with Gasteiger partial charge in [0.05, 0.1) is 32.2 Å². The van der Waals surface area contributed by atoms with Crippen molar-refractivity contribution in [2.24, 2.45) is 5.73 Å². The number of nitrogens with one attached hydrogen (secondary N) is 2. The summed E-state index contributed by atoms with van der Waals surface area (Å²) in [7, 11) is 0. The van der Waals surface area contributed by atoms with E-state index in [-0.39, 0.29) is 43.1 Å². The van der Waals surface area contributed by atoms with E-state index in [0.717, 1.165) is 21.6 Å². The summed E-state index contributed by atoms with van der Waals surface area (Å²) in [6.45, 7) is 2.97. The molecule has 2 fully saturated rings. The number of amidine groups is 1.